The molecule has 5 heteroatoms. The Morgan fingerprint density at radius 3 is 1.63 bits per heavy atom. The van der Waals surface area contributed by atoms with E-state index in [0.29, 0.717) is 17.5 Å². The number of furan rings is 1. The molecule has 0 saturated carbocycles. The third-order valence-electron chi connectivity index (χ3n) is 7.34. The molecule has 41 heavy (non-hydrogen) atoms. The molecule has 3 aromatic heterocycles. The van der Waals surface area contributed by atoms with E-state index in [1.54, 1.807) is 0 Å². The van der Waals surface area contributed by atoms with Gasteiger partial charge in [0, 0.05) is 38.4 Å². The molecule has 0 aliphatic carbocycles. The summed E-state index contributed by atoms with van der Waals surface area (Å²) in [6.45, 7) is 0. The van der Waals surface area contributed by atoms with Crippen molar-refractivity contribution in [2.45, 2.75) is 0 Å². The van der Waals surface area contributed by atoms with Gasteiger partial charge in [0.2, 0.25) is 0 Å². The quantitative estimate of drug-likeness (QED) is 0.229. The van der Waals surface area contributed by atoms with Crippen molar-refractivity contribution < 1.29 is 4.42 Å². The molecule has 0 N–H and O–H groups in total. The molecule has 0 amide bonds. The zero-order valence-corrected chi connectivity index (χ0v) is 21.9. The summed E-state index contributed by atoms with van der Waals surface area (Å²) in [6, 6.07) is 44.5. The van der Waals surface area contributed by atoms with Crippen LogP contribution in [0.15, 0.2) is 138 Å². The molecule has 0 spiro atoms. The zero-order chi connectivity index (χ0) is 27.2. The van der Waals surface area contributed by atoms with Crippen molar-refractivity contribution in [3.8, 4) is 45.4 Å². The topological polar surface area (TPSA) is 64.7 Å². The summed E-state index contributed by atoms with van der Waals surface area (Å²) < 4.78 is 6.40. The molecule has 0 fully saturated rings. The fraction of sp³-hybridized carbons (Fsp3) is 0. The summed E-state index contributed by atoms with van der Waals surface area (Å²) in [6.07, 6.45) is 0. The van der Waals surface area contributed by atoms with Crippen LogP contribution in [0.1, 0.15) is 0 Å². The second-order valence-electron chi connectivity index (χ2n) is 9.89. The molecular formula is C36H22N4O. The normalized spacial score (nSPS) is 11.4. The molecule has 8 rings (SSSR count). The van der Waals surface area contributed by atoms with Crippen molar-refractivity contribution in [1.29, 1.82) is 0 Å². The Morgan fingerprint density at radius 1 is 0.390 bits per heavy atom. The van der Waals surface area contributed by atoms with Gasteiger partial charge in [-0.3, -0.25) is 0 Å². The summed E-state index contributed by atoms with van der Waals surface area (Å²) in [5, 5.41) is 3.05. The van der Waals surface area contributed by atoms with Gasteiger partial charge in [-0.1, -0.05) is 109 Å². The van der Waals surface area contributed by atoms with Gasteiger partial charge in [0.1, 0.15) is 11.2 Å². The first-order valence-corrected chi connectivity index (χ1v) is 13.5. The van der Waals surface area contributed by atoms with Crippen molar-refractivity contribution in [2.75, 3.05) is 0 Å². The molecule has 0 aliphatic rings. The van der Waals surface area contributed by atoms with Crippen LogP contribution in [0, 0.1) is 0 Å². The predicted molar refractivity (Wildman–Crippen MR) is 164 cm³/mol. The summed E-state index contributed by atoms with van der Waals surface area (Å²) in [4.78, 5) is 19.9. The maximum atomic E-state index is 6.40. The number of aromatic nitrogens is 4. The van der Waals surface area contributed by atoms with Crippen molar-refractivity contribution in [3.63, 3.8) is 0 Å². The van der Waals surface area contributed by atoms with Gasteiger partial charge >= 0.3 is 0 Å². The van der Waals surface area contributed by atoms with Crippen molar-refractivity contribution in [1.82, 2.24) is 19.9 Å². The molecule has 8 aromatic rings. The second kappa shape index (κ2) is 9.50. The van der Waals surface area contributed by atoms with Crippen LogP contribution >= 0.6 is 0 Å². The Morgan fingerprint density at radius 2 is 0.951 bits per heavy atom. The van der Waals surface area contributed by atoms with Gasteiger partial charge in [0.05, 0.1) is 11.2 Å². The first-order chi connectivity index (χ1) is 20.3. The molecular weight excluding hydrogens is 504 g/mol. The summed E-state index contributed by atoms with van der Waals surface area (Å²) >= 11 is 0. The highest BCUT2D eigenvalue weighted by molar-refractivity contribution is 6.17. The van der Waals surface area contributed by atoms with Crippen LogP contribution in [0.4, 0.5) is 0 Å². The van der Waals surface area contributed by atoms with Crippen LogP contribution in [0.5, 0.6) is 0 Å². The standard InChI is InChI=1S/C36H22N4O/c1-3-12-24(13-4-1)34-38-35(25-14-5-2-6-15-25)40-36(39-34)27-17-10-20-31-33(27)32-26(16-9-19-30(32)41-31)29-22-21-23-11-7-8-18-28(23)37-29/h1-22H. The molecule has 0 radical (unpaired) electrons. The minimum atomic E-state index is 0.590. The van der Waals surface area contributed by atoms with Crippen LogP contribution < -0.4 is 0 Å². The number of rotatable bonds is 4. The summed E-state index contributed by atoms with van der Waals surface area (Å²) in [7, 11) is 0. The fourth-order valence-electron chi connectivity index (χ4n) is 5.41. The SMILES string of the molecule is c1ccc(-c2nc(-c3ccccc3)nc(-c3cccc4oc5cccc(-c6ccc7ccccc7n6)c5c34)n2)cc1. The average Bonchev–Trinajstić information content (AvgIpc) is 3.44. The number of hydrogen-bond donors (Lipinski definition) is 0. The number of fused-ring (bicyclic) bond motifs is 4. The van der Waals surface area contributed by atoms with Crippen molar-refractivity contribution >= 4 is 32.8 Å². The van der Waals surface area contributed by atoms with Gasteiger partial charge in [0.25, 0.3) is 0 Å². The number of benzene rings is 5. The molecule has 5 nitrogen and oxygen atoms in total. The molecule has 0 unspecified atom stereocenters. The van der Waals surface area contributed by atoms with Gasteiger partial charge in [-0.25, -0.2) is 19.9 Å². The van der Waals surface area contributed by atoms with Gasteiger partial charge in [-0.05, 0) is 24.3 Å². The molecule has 0 aliphatic heterocycles. The lowest BCUT2D eigenvalue weighted by molar-refractivity contribution is 0.669. The van der Waals surface area contributed by atoms with Gasteiger partial charge < -0.3 is 4.42 Å². The second-order valence-corrected chi connectivity index (χ2v) is 9.89. The van der Waals surface area contributed by atoms with E-state index in [2.05, 4.69) is 30.3 Å². The van der Waals surface area contributed by atoms with Crippen molar-refractivity contribution in [3.05, 3.63) is 133 Å². The highest BCUT2D eigenvalue weighted by Crippen LogP contribution is 2.41. The Balaban J connectivity index is 1.41. The minimum absolute atomic E-state index is 0.590. The van der Waals surface area contributed by atoms with Crippen LogP contribution in [0.2, 0.25) is 0 Å². The highest BCUT2D eigenvalue weighted by Gasteiger charge is 2.20. The molecule has 3 heterocycles. The lowest BCUT2D eigenvalue weighted by Crippen LogP contribution is -2.00. The maximum absolute atomic E-state index is 6.40. The smallest absolute Gasteiger partial charge is 0.164 e. The van der Waals surface area contributed by atoms with Crippen molar-refractivity contribution in [2.24, 2.45) is 0 Å². The minimum Gasteiger partial charge on any atom is -0.456 e. The van der Waals surface area contributed by atoms with E-state index in [4.69, 9.17) is 24.4 Å². The van der Waals surface area contributed by atoms with E-state index < -0.39 is 0 Å². The first-order valence-electron chi connectivity index (χ1n) is 13.5. The van der Waals surface area contributed by atoms with E-state index in [1.807, 2.05) is 103 Å². The lowest BCUT2D eigenvalue weighted by atomic mass is 9.99. The van der Waals surface area contributed by atoms with E-state index in [9.17, 15) is 0 Å². The lowest BCUT2D eigenvalue weighted by Gasteiger charge is -2.10. The maximum Gasteiger partial charge on any atom is 0.164 e. The number of nitrogens with zero attached hydrogens (tertiary/aromatic N) is 4. The Bertz CT molecular complexity index is 2150. The molecule has 0 saturated heterocycles. The van der Waals surface area contributed by atoms with Crippen LogP contribution in [0.3, 0.4) is 0 Å². The monoisotopic (exact) mass is 526 g/mol. The largest absolute Gasteiger partial charge is 0.456 e. The molecule has 192 valence electrons. The van der Waals surface area contributed by atoms with Crippen LogP contribution in [-0.2, 0) is 0 Å². The first kappa shape index (κ1) is 23.2. The van der Waals surface area contributed by atoms with Crippen LogP contribution in [0.25, 0.3) is 78.3 Å². The Labute approximate surface area is 235 Å². The fourth-order valence-corrected chi connectivity index (χ4v) is 5.41. The van der Waals surface area contributed by atoms with E-state index in [0.717, 1.165) is 60.8 Å². The van der Waals surface area contributed by atoms with E-state index in [-0.39, 0.29) is 0 Å². The number of para-hydroxylation sites is 1. The molecule has 5 aromatic carbocycles. The third kappa shape index (κ3) is 4.03. The number of pyridine rings is 1. The van der Waals surface area contributed by atoms with Gasteiger partial charge in [0.15, 0.2) is 17.5 Å². The Hall–Kier alpha value is -5.68. The summed E-state index contributed by atoms with van der Waals surface area (Å²) in [5.74, 6) is 1.83. The molecule has 0 bridgehead atoms. The highest BCUT2D eigenvalue weighted by atomic mass is 16.3. The van der Waals surface area contributed by atoms with Gasteiger partial charge in [-0.2, -0.15) is 0 Å². The average molecular weight is 527 g/mol. The number of hydrogen-bond acceptors (Lipinski definition) is 5. The third-order valence-corrected chi connectivity index (χ3v) is 7.34. The van der Waals surface area contributed by atoms with E-state index >= 15 is 0 Å². The Kier molecular flexibility index (Phi) is 5.38. The van der Waals surface area contributed by atoms with Gasteiger partial charge in [-0.15, -0.1) is 0 Å². The predicted octanol–water partition coefficient (Wildman–Crippen LogP) is 8.99. The molecule has 0 atom stereocenters. The van der Waals surface area contributed by atoms with Crippen LogP contribution in [-0.4, -0.2) is 19.9 Å². The zero-order valence-electron chi connectivity index (χ0n) is 21.9. The van der Waals surface area contributed by atoms with E-state index in [1.165, 1.54) is 0 Å². The summed E-state index contributed by atoms with van der Waals surface area (Å²) in [5.41, 5.74) is 7.14.